The van der Waals surface area contributed by atoms with Crippen molar-refractivity contribution >= 4 is 11.8 Å². The molecule has 0 amide bonds. The Labute approximate surface area is 74.3 Å². The standard InChI is InChI=1S/C9H19NS/c1-9(2,3)7-11-6-8-4-5-10-8/h8,10H,4-7H2,1-3H3. The maximum absolute atomic E-state index is 3.41. The highest BCUT2D eigenvalue weighted by molar-refractivity contribution is 7.99. The minimum atomic E-state index is 0.494. The molecule has 1 aliphatic heterocycles. The molecular weight excluding hydrogens is 154 g/mol. The molecule has 0 aromatic carbocycles. The molecule has 1 nitrogen and oxygen atoms in total. The summed E-state index contributed by atoms with van der Waals surface area (Å²) in [4.78, 5) is 0. The second-order valence-corrected chi connectivity index (χ2v) is 5.55. The van der Waals surface area contributed by atoms with Crippen molar-refractivity contribution < 1.29 is 0 Å². The van der Waals surface area contributed by atoms with Crippen LogP contribution in [0.3, 0.4) is 0 Å². The second-order valence-electron chi connectivity index (χ2n) is 4.52. The number of hydrogen-bond acceptors (Lipinski definition) is 2. The molecule has 0 aliphatic carbocycles. The Morgan fingerprint density at radius 1 is 1.45 bits per heavy atom. The fraction of sp³-hybridized carbons (Fsp3) is 1.00. The van der Waals surface area contributed by atoms with Crippen LogP contribution in [-0.2, 0) is 0 Å². The van der Waals surface area contributed by atoms with Gasteiger partial charge in [-0.3, -0.25) is 0 Å². The Morgan fingerprint density at radius 3 is 2.45 bits per heavy atom. The van der Waals surface area contributed by atoms with Gasteiger partial charge in [-0.1, -0.05) is 20.8 Å². The fourth-order valence-corrected chi connectivity index (χ4v) is 2.30. The van der Waals surface area contributed by atoms with Crippen molar-refractivity contribution in [3.63, 3.8) is 0 Å². The molecule has 0 saturated carbocycles. The third kappa shape index (κ3) is 4.02. The molecule has 1 heterocycles. The maximum atomic E-state index is 3.41. The van der Waals surface area contributed by atoms with Gasteiger partial charge in [-0.15, -0.1) is 0 Å². The van der Waals surface area contributed by atoms with E-state index in [1.807, 2.05) is 0 Å². The Morgan fingerprint density at radius 2 is 2.09 bits per heavy atom. The van der Waals surface area contributed by atoms with Crippen molar-refractivity contribution in [1.82, 2.24) is 5.32 Å². The molecule has 66 valence electrons. The van der Waals surface area contributed by atoms with E-state index in [0.29, 0.717) is 5.41 Å². The van der Waals surface area contributed by atoms with Gasteiger partial charge in [-0.05, 0) is 24.1 Å². The Bertz CT molecular complexity index is 113. The molecule has 1 fully saturated rings. The third-order valence-corrected chi connectivity index (χ3v) is 3.49. The normalized spacial score (nSPS) is 24.8. The minimum absolute atomic E-state index is 0.494. The predicted octanol–water partition coefficient (Wildman–Crippen LogP) is 2.13. The Balaban J connectivity index is 1.95. The number of nitrogens with one attached hydrogen (secondary N) is 1. The molecule has 2 heteroatoms. The molecule has 0 bridgehead atoms. The lowest BCUT2D eigenvalue weighted by molar-refractivity contribution is 0.404. The van der Waals surface area contributed by atoms with Gasteiger partial charge in [-0.25, -0.2) is 0 Å². The SMILES string of the molecule is CC(C)(C)CSCC1CCN1. The highest BCUT2D eigenvalue weighted by Crippen LogP contribution is 2.22. The van der Waals surface area contributed by atoms with E-state index in [2.05, 4.69) is 37.8 Å². The van der Waals surface area contributed by atoms with E-state index in [4.69, 9.17) is 0 Å². The molecule has 1 rings (SSSR count). The molecule has 0 spiro atoms. The van der Waals surface area contributed by atoms with Crippen molar-refractivity contribution in [1.29, 1.82) is 0 Å². The largest absolute Gasteiger partial charge is 0.313 e. The monoisotopic (exact) mass is 173 g/mol. The summed E-state index contributed by atoms with van der Waals surface area (Å²) in [6, 6.07) is 0.822. The first-order valence-corrected chi connectivity index (χ1v) is 5.54. The van der Waals surface area contributed by atoms with Gasteiger partial charge in [-0.2, -0.15) is 11.8 Å². The van der Waals surface area contributed by atoms with Crippen molar-refractivity contribution in [2.24, 2.45) is 5.41 Å². The lowest BCUT2D eigenvalue weighted by Gasteiger charge is -2.28. The molecule has 0 aromatic rings. The van der Waals surface area contributed by atoms with Crippen molar-refractivity contribution in [3.8, 4) is 0 Å². The van der Waals surface area contributed by atoms with Crippen LogP contribution in [0.5, 0.6) is 0 Å². The molecule has 1 N–H and O–H groups in total. The van der Waals surface area contributed by atoms with Crippen LogP contribution in [0, 0.1) is 5.41 Å². The van der Waals surface area contributed by atoms with Gasteiger partial charge in [0.1, 0.15) is 0 Å². The van der Waals surface area contributed by atoms with Crippen LogP contribution in [0.4, 0.5) is 0 Å². The van der Waals surface area contributed by atoms with Gasteiger partial charge in [0.25, 0.3) is 0 Å². The van der Waals surface area contributed by atoms with E-state index >= 15 is 0 Å². The highest BCUT2D eigenvalue weighted by atomic mass is 32.2. The van der Waals surface area contributed by atoms with Gasteiger partial charge in [0.2, 0.25) is 0 Å². The Hall–Kier alpha value is 0.310. The van der Waals surface area contributed by atoms with E-state index in [-0.39, 0.29) is 0 Å². The van der Waals surface area contributed by atoms with Crippen molar-refractivity contribution in [3.05, 3.63) is 0 Å². The topological polar surface area (TPSA) is 12.0 Å². The minimum Gasteiger partial charge on any atom is -0.313 e. The van der Waals surface area contributed by atoms with Crippen LogP contribution in [0.2, 0.25) is 0 Å². The number of hydrogen-bond donors (Lipinski definition) is 1. The lowest BCUT2D eigenvalue weighted by Crippen LogP contribution is -2.44. The second kappa shape index (κ2) is 3.81. The fourth-order valence-electron chi connectivity index (χ4n) is 0.998. The molecule has 0 aromatic heterocycles. The average Bonchev–Trinajstić information content (AvgIpc) is 1.73. The van der Waals surface area contributed by atoms with Gasteiger partial charge >= 0.3 is 0 Å². The summed E-state index contributed by atoms with van der Waals surface area (Å²) in [6.45, 7) is 8.14. The summed E-state index contributed by atoms with van der Waals surface area (Å²) in [7, 11) is 0. The van der Waals surface area contributed by atoms with E-state index in [1.54, 1.807) is 0 Å². The first-order chi connectivity index (χ1) is 5.08. The molecular formula is C9H19NS. The summed E-state index contributed by atoms with van der Waals surface area (Å²) >= 11 is 2.08. The van der Waals surface area contributed by atoms with Crippen molar-refractivity contribution in [2.75, 3.05) is 18.1 Å². The first-order valence-electron chi connectivity index (χ1n) is 4.39. The van der Waals surface area contributed by atoms with Crippen molar-refractivity contribution in [2.45, 2.75) is 33.2 Å². The van der Waals surface area contributed by atoms with Gasteiger partial charge in [0.15, 0.2) is 0 Å². The zero-order chi connectivity index (χ0) is 8.32. The highest BCUT2D eigenvalue weighted by Gasteiger charge is 2.17. The third-order valence-electron chi connectivity index (χ3n) is 1.78. The van der Waals surface area contributed by atoms with Crippen LogP contribution in [0.15, 0.2) is 0 Å². The maximum Gasteiger partial charge on any atom is 0.0170 e. The Kier molecular flexibility index (Phi) is 3.26. The lowest BCUT2D eigenvalue weighted by atomic mass is 10.0. The average molecular weight is 173 g/mol. The van der Waals surface area contributed by atoms with Gasteiger partial charge < -0.3 is 5.32 Å². The molecule has 11 heavy (non-hydrogen) atoms. The summed E-state index contributed by atoms with van der Waals surface area (Å²) < 4.78 is 0. The van der Waals surface area contributed by atoms with Gasteiger partial charge in [0.05, 0.1) is 0 Å². The number of thioether (sulfide) groups is 1. The molecule has 1 unspecified atom stereocenters. The van der Waals surface area contributed by atoms with E-state index < -0.39 is 0 Å². The summed E-state index contributed by atoms with van der Waals surface area (Å²) in [6.07, 6.45) is 1.39. The zero-order valence-electron chi connectivity index (χ0n) is 7.81. The smallest absolute Gasteiger partial charge is 0.0170 e. The van der Waals surface area contributed by atoms with Crippen LogP contribution in [-0.4, -0.2) is 24.1 Å². The van der Waals surface area contributed by atoms with Gasteiger partial charge in [0, 0.05) is 11.8 Å². The summed E-state index contributed by atoms with van der Waals surface area (Å²) in [5.74, 6) is 2.59. The first kappa shape index (κ1) is 9.40. The summed E-state index contributed by atoms with van der Waals surface area (Å²) in [5, 5.41) is 3.41. The molecule has 1 atom stereocenters. The molecule has 1 aliphatic rings. The quantitative estimate of drug-likeness (QED) is 0.701. The van der Waals surface area contributed by atoms with E-state index in [0.717, 1.165) is 6.04 Å². The van der Waals surface area contributed by atoms with Crippen LogP contribution in [0.25, 0.3) is 0 Å². The molecule has 1 saturated heterocycles. The zero-order valence-corrected chi connectivity index (χ0v) is 8.63. The van der Waals surface area contributed by atoms with Crippen LogP contribution in [0.1, 0.15) is 27.2 Å². The number of rotatable bonds is 3. The molecule has 0 radical (unpaired) electrons. The van der Waals surface area contributed by atoms with Crippen LogP contribution >= 0.6 is 11.8 Å². The van der Waals surface area contributed by atoms with E-state index in [1.165, 1.54) is 24.5 Å². The predicted molar refractivity (Wildman–Crippen MR) is 53.2 cm³/mol. The van der Waals surface area contributed by atoms with Crippen LogP contribution < -0.4 is 5.32 Å². The van der Waals surface area contributed by atoms with E-state index in [9.17, 15) is 0 Å². The summed E-state index contributed by atoms with van der Waals surface area (Å²) in [5.41, 5.74) is 0.494.